The maximum Gasteiger partial charge on any atom is 0.421 e. The van der Waals surface area contributed by atoms with Crippen molar-refractivity contribution in [3.8, 4) is 11.3 Å². The minimum atomic E-state index is -0.795. The molecule has 5 rings (SSSR count). The molecule has 2 aromatic heterocycles. The third-order valence-corrected chi connectivity index (χ3v) is 6.94. The van der Waals surface area contributed by atoms with Gasteiger partial charge in [0, 0.05) is 42.9 Å². The van der Waals surface area contributed by atoms with Crippen LogP contribution in [0.1, 0.15) is 57.5 Å². The van der Waals surface area contributed by atoms with Crippen molar-refractivity contribution in [2.75, 3.05) is 16.8 Å². The Hall–Kier alpha value is -4.28. The third-order valence-electron chi connectivity index (χ3n) is 6.94. The summed E-state index contributed by atoms with van der Waals surface area (Å²) in [5.41, 5.74) is 3.77. The smallest absolute Gasteiger partial charge is 0.421 e. The molecular weight excluding hydrogens is 523 g/mol. The Morgan fingerprint density at radius 3 is 2.51 bits per heavy atom. The van der Waals surface area contributed by atoms with Gasteiger partial charge in [0.25, 0.3) is 0 Å². The molecule has 11 heteroatoms. The number of carbonyl (C=O) groups is 1. The van der Waals surface area contributed by atoms with Gasteiger partial charge in [0.15, 0.2) is 5.82 Å². The first-order valence-electron chi connectivity index (χ1n) is 14.0. The van der Waals surface area contributed by atoms with Gasteiger partial charge in [0.05, 0.1) is 22.8 Å². The van der Waals surface area contributed by atoms with Crippen LogP contribution in [0.3, 0.4) is 0 Å². The quantitative estimate of drug-likeness (QED) is 0.373. The van der Waals surface area contributed by atoms with E-state index in [4.69, 9.17) is 14.8 Å². The molecule has 216 valence electrons. The molecule has 41 heavy (non-hydrogen) atoms. The Morgan fingerprint density at radius 1 is 1.17 bits per heavy atom. The van der Waals surface area contributed by atoms with E-state index in [1.54, 1.807) is 48.5 Å². The highest BCUT2D eigenvalue weighted by molar-refractivity contribution is 6.20. The second-order valence-electron chi connectivity index (χ2n) is 11.5. The van der Waals surface area contributed by atoms with E-state index in [1.807, 2.05) is 20.8 Å². The molecule has 3 aromatic rings. The van der Waals surface area contributed by atoms with Gasteiger partial charge >= 0.3 is 6.09 Å². The number of amides is 1. The minimum absolute atomic E-state index is 0.130. The molecule has 0 bridgehead atoms. The van der Waals surface area contributed by atoms with Crippen molar-refractivity contribution < 1.29 is 13.9 Å². The SMILES string of the molecule is CCNc1c(C)nn(C2=CC(=N)N(C(=O)OC(C)(C)C)c3c(c(-c4ccc(F)cc4)nn3CC3CC3)CC=N2)c1C. The van der Waals surface area contributed by atoms with Crippen molar-refractivity contribution in [3.63, 3.8) is 0 Å². The second-order valence-corrected chi connectivity index (χ2v) is 11.5. The monoisotopic (exact) mass is 560 g/mol. The number of anilines is 2. The lowest BCUT2D eigenvalue weighted by Gasteiger charge is -2.27. The number of benzene rings is 1. The maximum atomic E-state index is 13.8. The van der Waals surface area contributed by atoms with E-state index in [0.29, 0.717) is 47.3 Å². The summed E-state index contributed by atoms with van der Waals surface area (Å²) in [6.07, 6.45) is 5.04. The first kappa shape index (κ1) is 28.3. The Kier molecular flexibility index (Phi) is 7.54. The maximum absolute atomic E-state index is 13.8. The number of fused-ring (bicyclic) bond motifs is 1. The number of amidine groups is 1. The summed E-state index contributed by atoms with van der Waals surface area (Å²) in [4.78, 5) is 19.8. The van der Waals surface area contributed by atoms with Crippen LogP contribution < -0.4 is 10.2 Å². The molecule has 1 saturated carbocycles. The van der Waals surface area contributed by atoms with Gasteiger partial charge in [-0.05, 0) is 84.6 Å². The summed E-state index contributed by atoms with van der Waals surface area (Å²) in [6.45, 7) is 12.6. The lowest BCUT2D eigenvalue weighted by molar-refractivity contribution is 0.0601. The van der Waals surface area contributed by atoms with E-state index in [0.717, 1.165) is 36.5 Å². The molecule has 2 aliphatic rings. The summed E-state index contributed by atoms with van der Waals surface area (Å²) in [5.74, 6) is 0.806. The predicted octanol–water partition coefficient (Wildman–Crippen LogP) is 6.19. The van der Waals surface area contributed by atoms with Crippen molar-refractivity contribution in [2.24, 2.45) is 10.9 Å². The second kappa shape index (κ2) is 10.9. The van der Waals surface area contributed by atoms with Crippen LogP contribution in [-0.2, 0) is 17.7 Å². The predicted molar refractivity (Wildman–Crippen MR) is 159 cm³/mol. The number of rotatable bonds is 6. The largest absolute Gasteiger partial charge is 0.443 e. The topological polar surface area (TPSA) is 113 Å². The molecule has 1 aliphatic carbocycles. The highest BCUT2D eigenvalue weighted by Gasteiger charge is 2.35. The average molecular weight is 561 g/mol. The highest BCUT2D eigenvalue weighted by Crippen LogP contribution is 2.38. The number of carbonyl (C=O) groups excluding carboxylic acids is 1. The fourth-order valence-corrected chi connectivity index (χ4v) is 4.92. The number of halogens is 1. The summed E-state index contributed by atoms with van der Waals surface area (Å²) in [5, 5.41) is 22.1. The molecule has 1 amide bonds. The van der Waals surface area contributed by atoms with Gasteiger partial charge < -0.3 is 10.1 Å². The standard InChI is InChI=1S/C30H37FN8O2/c1-7-33-26-18(2)35-39(19(26)3)25-16-24(32)38(29(40)41-30(4,5)6)28-23(14-15-34-25)27(21-10-12-22(31)13-11-21)36-37(28)17-20-8-9-20/h10-13,15-16,20,32-33H,7-9,14,17H2,1-6H3. The van der Waals surface area contributed by atoms with Gasteiger partial charge in [-0.2, -0.15) is 10.2 Å². The summed E-state index contributed by atoms with van der Waals surface area (Å²) >= 11 is 0. The molecule has 0 saturated heterocycles. The normalized spacial score (nSPS) is 15.6. The van der Waals surface area contributed by atoms with Crippen LogP contribution in [0.4, 0.5) is 20.7 Å². The lowest BCUT2D eigenvalue weighted by Crippen LogP contribution is -2.42. The summed E-state index contributed by atoms with van der Waals surface area (Å²) in [6, 6.07) is 6.13. The number of nitrogens with zero attached hydrogens (tertiary/aromatic N) is 6. The zero-order chi connectivity index (χ0) is 29.5. The number of aryl methyl sites for hydroxylation is 1. The van der Waals surface area contributed by atoms with Crippen LogP contribution >= 0.6 is 0 Å². The molecule has 3 heterocycles. The first-order valence-corrected chi connectivity index (χ1v) is 14.0. The highest BCUT2D eigenvalue weighted by atomic mass is 19.1. The molecule has 0 spiro atoms. The van der Waals surface area contributed by atoms with E-state index >= 15 is 0 Å². The van der Waals surface area contributed by atoms with Crippen LogP contribution in [-0.4, -0.2) is 49.9 Å². The summed E-state index contributed by atoms with van der Waals surface area (Å²) in [7, 11) is 0. The van der Waals surface area contributed by atoms with Crippen molar-refractivity contribution in [2.45, 2.75) is 73.0 Å². The van der Waals surface area contributed by atoms with E-state index in [2.05, 4.69) is 10.4 Å². The van der Waals surface area contributed by atoms with Gasteiger partial charge in [0.2, 0.25) is 0 Å². The Balaban J connectivity index is 1.70. The van der Waals surface area contributed by atoms with Crippen LogP contribution in [0.15, 0.2) is 35.3 Å². The molecule has 2 N–H and O–H groups in total. The van der Waals surface area contributed by atoms with E-state index in [9.17, 15) is 14.6 Å². The van der Waals surface area contributed by atoms with E-state index in [1.165, 1.54) is 23.1 Å². The fourth-order valence-electron chi connectivity index (χ4n) is 4.92. The van der Waals surface area contributed by atoms with Crippen LogP contribution in [0, 0.1) is 31.0 Å². The van der Waals surface area contributed by atoms with Crippen LogP contribution in [0.2, 0.25) is 0 Å². The molecule has 0 unspecified atom stereocenters. The fraction of sp³-hybridized carbons (Fsp3) is 0.433. The van der Waals surface area contributed by atoms with Gasteiger partial charge in [-0.3, -0.25) is 5.41 Å². The Labute approximate surface area is 239 Å². The Bertz CT molecular complexity index is 1540. The zero-order valence-corrected chi connectivity index (χ0v) is 24.5. The van der Waals surface area contributed by atoms with Crippen LogP contribution in [0.25, 0.3) is 17.1 Å². The van der Waals surface area contributed by atoms with E-state index < -0.39 is 11.7 Å². The minimum Gasteiger partial charge on any atom is -0.443 e. The van der Waals surface area contributed by atoms with Crippen molar-refractivity contribution in [1.29, 1.82) is 5.41 Å². The summed E-state index contributed by atoms with van der Waals surface area (Å²) < 4.78 is 23.1. The third kappa shape index (κ3) is 5.94. The van der Waals surface area contributed by atoms with Crippen molar-refractivity contribution in [3.05, 3.63) is 53.1 Å². The molecule has 10 nitrogen and oxygen atoms in total. The number of hydrogen-bond acceptors (Lipinski definition) is 7. The zero-order valence-electron chi connectivity index (χ0n) is 24.5. The lowest BCUT2D eigenvalue weighted by atomic mass is 10.0. The number of nitrogens with one attached hydrogen (secondary N) is 2. The molecule has 1 fully saturated rings. The van der Waals surface area contributed by atoms with Gasteiger partial charge in [-0.15, -0.1) is 0 Å². The molecule has 0 atom stereocenters. The average Bonchev–Trinajstić information content (AvgIpc) is 3.57. The molecule has 1 aromatic carbocycles. The number of ether oxygens (including phenoxy) is 1. The van der Waals surface area contributed by atoms with Gasteiger partial charge in [-0.1, -0.05) is 0 Å². The Morgan fingerprint density at radius 2 is 1.88 bits per heavy atom. The van der Waals surface area contributed by atoms with Crippen LogP contribution in [0.5, 0.6) is 0 Å². The number of hydrogen-bond donors (Lipinski definition) is 2. The van der Waals surface area contributed by atoms with Gasteiger partial charge in [-0.25, -0.2) is 28.4 Å². The molecular formula is C30H37FN8O2. The molecule has 1 aliphatic heterocycles. The number of aromatic nitrogens is 4. The first-order chi connectivity index (χ1) is 19.5. The van der Waals surface area contributed by atoms with Crippen molar-refractivity contribution in [1.82, 2.24) is 19.6 Å². The van der Waals surface area contributed by atoms with E-state index in [-0.39, 0.29) is 11.7 Å². The van der Waals surface area contributed by atoms with Crippen molar-refractivity contribution >= 4 is 35.5 Å². The molecule has 0 radical (unpaired) electrons. The number of aliphatic imine (C=N–C) groups is 1. The van der Waals surface area contributed by atoms with Gasteiger partial charge in [0.1, 0.15) is 23.1 Å².